The summed E-state index contributed by atoms with van der Waals surface area (Å²) in [4.78, 5) is 7.98. The molecule has 25 heavy (non-hydrogen) atoms. The van der Waals surface area contributed by atoms with E-state index in [-0.39, 0.29) is 0 Å². The van der Waals surface area contributed by atoms with Crippen LogP contribution in [0.2, 0.25) is 5.02 Å². The second-order valence-corrected chi connectivity index (χ2v) is 6.50. The zero-order valence-electron chi connectivity index (χ0n) is 13.8. The van der Waals surface area contributed by atoms with Crippen LogP contribution in [0.1, 0.15) is 18.7 Å². The zero-order chi connectivity index (χ0) is 17.1. The van der Waals surface area contributed by atoms with E-state index in [1.165, 1.54) is 0 Å². The minimum absolute atomic E-state index is 0.686. The lowest BCUT2D eigenvalue weighted by Gasteiger charge is -2.10. The van der Waals surface area contributed by atoms with E-state index in [2.05, 4.69) is 16.0 Å². The molecule has 1 N–H and O–H groups in total. The highest BCUT2D eigenvalue weighted by molar-refractivity contribution is 6.35. The van der Waals surface area contributed by atoms with Crippen molar-refractivity contribution in [3.05, 3.63) is 71.5 Å². The summed E-state index contributed by atoms with van der Waals surface area (Å²) in [5, 5.41) is 2.85. The predicted octanol–water partition coefficient (Wildman–Crippen LogP) is 5.77. The molecule has 4 aromatic rings. The van der Waals surface area contributed by atoms with Crippen molar-refractivity contribution >= 4 is 33.4 Å². The predicted molar refractivity (Wildman–Crippen MR) is 103 cm³/mol. The Morgan fingerprint density at radius 2 is 1.68 bits per heavy atom. The number of nitrogens with zero attached hydrogens (tertiary/aromatic N) is 1. The molecule has 0 saturated heterocycles. The highest BCUT2D eigenvalue weighted by atomic mass is 35.5. The smallest absolute Gasteiger partial charge is 0.127 e. The molecule has 0 fully saturated rings. The van der Waals surface area contributed by atoms with E-state index < -0.39 is 0 Å². The van der Waals surface area contributed by atoms with Crippen molar-refractivity contribution < 1.29 is 4.74 Å². The summed E-state index contributed by atoms with van der Waals surface area (Å²) in [6.45, 7) is 0.686. The van der Waals surface area contributed by atoms with E-state index in [4.69, 9.17) is 16.3 Å². The van der Waals surface area contributed by atoms with Crippen LogP contribution in [0, 0.1) is 0 Å². The van der Waals surface area contributed by atoms with Gasteiger partial charge in [-0.25, -0.2) is 4.98 Å². The number of H-pyrrole nitrogens is 1. The van der Waals surface area contributed by atoms with E-state index >= 15 is 0 Å². The van der Waals surface area contributed by atoms with Gasteiger partial charge in [0.05, 0.1) is 17.6 Å². The number of aromatic nitrogens is 2. The molecule has 0 amide bonds. The molecule has 3 aromatic carbocycles. The lowest BCUT2D eigenvalue weighted by atomic mass is 10.1. The minimum Gasteiger partial charge on any atom is -0.493 e. The molecule has 0 atom stereocenters. The van der Waals surface area contributed by atoms with Crippen molar-refractivity contribution in [3.8, 4) is 5.75 Å². The first-order valence-corrected chi connectivity index (χ1v) is 8.93. The Morgan fingerprint density at radius 1 is 0.880 bits per heavy atom. The van der Waals surface area contributed by atoms with Gasteiger partial charge in [0.1, 0.15) is 11.6 Å². The average molecular weight is 351 g/mol. The van der Waals surface area contributed by atoms with E-state index in [0.29, 0.717) is 6.61 Å². The Balaban J connectivity index is 1.33. The summed E-state index contributed by atoms with van der Waals surface area (Å²) in [7, 11) is 0. The van der Waals surface area contributed by atoms with Gasteiger partial charge in [0.15, 0.2) is 0 Å². The molecule has 4 rings (SSSR count). The summed E-state index contributed by atoms with van der Waals surface area (Å²) in [6, 6.07) is 20.0. The van der Waals surface area contributed by atoms with Gasteiger partial charge in [0.2, 0.25) is 0 Å². The summed E-state index contributed by atoms with van der Waals surface area (Å²) in [5.41, 5.74) is 2.13. The van der Waals surface area contributed by atoms with Gasteiger partial charge >= 0.3 is 0 Å². The molecule has 1 heterocycles. The van der Waals surface area contributed by atoms with Crippen LogP contribution in [-0.2, 0) is 6.42 Å². The molecule has 3 nitrogen and oxygen atoms in total. The second-order valence-electron chi connectivity index (χ2n) is 6.10. The third kappa shape index (κ3) is 3.47. The first-order valence-electron chi connectivity index (χ1n) is 8.55. The maximum absolute atomic E-state index is 6.25. The van der Waals surface area contributed by atoms with Crippen LogP contribution in [0.15, 0.2) is 60.7 Å². The number of aryl methyl sites for hydroxylation is 1. The zero-order valence-corrected chi connectivity index (χ0v) is 14.6. The van der Waals surface area contributed by atoms with E-state index in [9.17, 15) is 0 Å². The fourth-order valence-electron chi connectivity index (χ4n) is 3.06. The number of unbranched alkanes of at least 4 members (excludes halogenated alkanes) is 1. The Kier molecular flexibility index (Phi) is 4.57. The van der Waals surface area contributed by atoms with Gasteiger partial charge < -0.3 is 9.72 Å². The number of imidazole rings is 1. The largest absolute Gasteiger partial charge is 0.493 e. The van der Waals surface area contributed by atoms with Crippen molar-refractivity contribution in [2.45, 2.75) is 19.3 Å². The summed E-state index contributed by atoms with van der Waals surface area (Å²) < 4.78 is 5.98. The number of benzene rings is 3. The summed E-state index contributed by atoms with van der Waals surface area (Å²) in [6.07, 6.45) is 2.94. The highest BCUT2D eigenvalue weighted by Gasteiger charge is 2.06. The summed E-state index contributed by atoms with van der Waals surface area (Å²) >= 11 is 6.25. The van der Waals surface area contributed by atoms with Crippen molar-refractivity contribution in [3.63, 3.8) is 0 Å². The van der Waals surface area contributed by atoms with Gasteiger partial charge in [-0.2, -0.15) is 0 Å². The van der Waals surface area contributed by atoms with Crippen LogP contribution in [0.3, 0.4) is 0 Å². The Bertz CT molecular complexity index is 976. The molecule has 0 unspecified atom stereocenters. The molecule has 4 heteroatoms. The lowest BCUT2D eigenvalue weighted by Crippen LogP contribution is -1.99. The first-order chi connectivity index (χ1) is 12.3. The molecule has 0 aliphatic carbocycles. The summed E-state index contributed by atoms with van der Waals surface area (Å²) in [5.74, 6) is 1.93. The van der Waals surface area contributed by atoms with Gasteiger partial charge in [-0.1, -0.05) is 48.0 Å². The number of ether oxygens (including phenoxy) is 1. The minimum atomic E-state index is 0.686. The van der Waals surface area contributed by atoms with Crippen molar-refractivity contribution in [2.24, 2.45) is 0 Å². The van der Waals surface area contributed by atoms with Crippen LogP contribution in [0.5, 0.6) is 5.75 Å². The number of nitrogens with one attached hydrogen (secondary N) is 1. The van der Waals surface area contributed by atoms with Crippen LogP contribution in [-0.4, -0.2) is 16.6 Å². The van der Waals surface area contributed by atoms with Gasteiger partial charge in [0.25, 0.3) is 0 Å². The SMILES string of the molecule is Clc1ccc(OCCCCc2nc3ccccc3[nH]2)c2ccccc12. The third-order valence-electron chi connectivity index (χ3n) is 4.33. The van der Waals surface area contributed by atoms with Gasteiger partial charge in [-0.3, -0.25) is 0 Å². The number of rotatable bonds is 6. The molecule has 126 valence electrons. The average Bonchev–Trinajstić information content (AvgIpc) is 3.06. The molecule has 0 bridgehead atoms. The van der Waals surface area contributed by atoms with Crippen LogP contribution < -0.4 is 4.74 Å². The Hall–Kier alpha value is -2.52. The lowest BCUT2D eigenvalue weighted by molar-refractivity contribution is 0.310. The van der Waals surface area contributed by atoms with E-state index in [1.807, 2.05) is 54.6 Å². The molecule has 0 saturated carbocycles. The molecule has 0 aliphatic heterocycles. The number of aromatic amines is 1. The van der Waals surface area contributed by atoms with Crippen molar-refractivity contribution in [1.82, 2.24) is 9.97 Å². The maximum atomic E-state index is 6.25. The third-order valence-corrected chi connectivity index (χ3v) is 4.66. The van der Waals surface area contributed by atoms with E-state index in [0.717, 1.165) is 57.7 Å². The van der Waals surface area contributed by atoms with Gasteiger partial charge in [-0.15, -0.1) is 0 Å². The van der Waals surface area contributed by atoms with Crippen molar-refractivity contribution in [1.29, 1.82) is 0 Å². The number of halogens is 1. The monoisotopic (exact) mass is 350 g/mol. The maximum Gasteiger partial charge on any atom is 0.127 e. The quantitative estimate of drug-likeness (QED) is 0.448. The molecular formula is C21H19ClN2O. The van der Waals surface area contributed by atoms with Crippen LogP contribution in [0.4, 0.5) is 0 Å². The fourth-order valence-corrected chi connectivity index (χ4v) is 3.29. The molecule has 0 spiro atoms. The van der Waals surface area contributed by atoms with Crippen molar-refractivity contribution in [2.75, 3.05) is 6.61 Å². The molecule has 1 aromatic heterocycles. The Labute approximate surface area is 151 Å². The molecular weight excluding hydrogens is 332 g/mol. The van der Waals surface area contributed by atoms with Crippen LogP contribution >= 0.6 is 11.6 Å². The fraction of sp³-hybridized carbons (Fsp3) is 0.190. The van der Waals surface area contributed by atoms with Gasteiger partial charge in [-0.05, 0) is 37.1 Å². The first kappa shape index (κ1) is 16.0. The number of hydrogen-bond donors (Lipinski definition) is 1. The van der Waals surface area contributed by atoms with E-state index in [1.54, 1.807) is 0 Å². The normalized spacial score (nSPS) is 11.2. The van der Waals surface area contributed by atoms with Crippen LogP contribution in [0.25, 0.3) is 21.8 Å². The van der Waals surface area contributed by atoms with Gasteiger partial charge in [0, 0.05) is 22.2 Å². The Morgan fingerprint density at radius 3 is 2.56 bits per heavy atom. The number of hydrogen-bond acceptors (Lipinski definition) is 2. The topological polar surface area (TPSA) is 37.9 Å². The molecule has 0 radical (unpaired) electrons. The highest BCUT2D eigenvalue weighted by Crippen LogP contribution is 2.31. The molecule has 0 aliphatic rings. The number of para-hydroxylation sites is 2. The number of fused-ring (bicyclic) bond motifs is 2. The standard InChI is InChI=1S/C21H19ClN2O/c22-17-12-13-20(16-8-2-1-7-15(16)17)25-14-6-5-11-21-23-18-9-3-4-10-19(18)24-21/h1-4,7-10,12-13H,5-6,11,14H2,(H,23,24). The second kappa shape index (κ2) is 7.16.